The van der Waals surface area contributed by atoms with Gasteiger partial charge in [-0.1, -0.05) is 0 Å². The summed E-state index contributed by atoms with van der Waals surface area (Å²) in [4.78, 5) is 0. The summed E-state index contributed by atoms with van der Waals surface area (Å²) in [5.41, 5.74) is 0. The minimum Gasteiger partial charge on any atom is -0.380 e. The summed E-state index contributed by atoms with van der Waals surface area (Å²) in [6.45, 7) is 4.63. The highest BCUT2D eigenvalue weighted by atomic mass is 16.5. The predicted octanol–water partition coefficient (Wildman–Crippen LogP) is 0.361. The molecule has 0 aliphatic carbocycles. The molecule has 1 heterocycles. The molecule has 0 saturated carbocycles. The molecule has 10 heavy (non-hydrogen) atoms. The summed E-state index contributed by atoms with van der Waals surface area (Å²) in [6.07, 6.45) is 2.41. The van der Waals surface area contributed by atoms with E-state index in [4.69, 9.17) is 10.6 Å². The lowest BCUT2D eigenvalue weighted by atomic mass is 10.2. The molecule has 0 aromatic heterocycles. The summed E-state index contributed by atoms with van der Waals surface area (Å²) in [7, 11) is 0. The maximum absolute atomic E-state index is 5.67. The van der Waals surface area contributed by atoms with Gasteiger partial charge in [-0.15, -0.1) is 0 Å². The third kappa shape index (κ3) is 1.94. The van der Waals surface area contributed by atoms with Crippen LogP contribution >= 0.6 is 0 Å². The second-order valence-corrected chi connectivity index (χ2v) is 2.69. The first-order chi connectivity index (χ1) is 4.84. The molecule has 1 aliphatic heterocycles. The van der Waals surface area contributed by atoms with E-state index in [1.165, 1.54) is 12.8 Å². The zero-order chi connectivity index (χ0) is 7.40. The monoisotopic (exact) mass is 144 g/mol. The van der Waals surface area contributed by atoms with Gasteiger partial charge in [0.15, 0.2) is 0 Å². The smallest absolute Gasteiger partial charge is 0.0635 e. The van der Waals surface area contributed by atoms with E-state index < -0.39 is 0 Å². The van der Waals surface area contributed by atoms with Gasteiger partial charge in [-0.2, -0.15) is 0 Å². The molecule has 3 nitrogen and oxygen atoms in total. The van der Waals surface area contributed by atoms with Crippen LogP contribution in [0, 0.1) is 0 Å². The Morgan fingerprint density at radius 2 is 2.50 bits per heavy atom. The van der Waals surface area contributed by atoms with Crippen LogP contribution in [0.5, 0.6) is 0 Å². The molecule has 0 unspecified atom stereocenters. The van der Waals surface area contributed by atoms with Crippen molar-refractivity contribution in [3.8, 4) is 0 Å². The fourth-order valence-electron chi connectivity index (χ4n) is 1.29. The highest BCUT2D eigenvalue weighted by Gasteiger charge is 2.20. The molecular weight excluding hydrogens is 128 g/mol. The minimum absolute atomic E-state index is 0.472. The number of nitrogens with zero attached hydrogens (tertiary/aromatic N) is 1. The Kier molecular flexibility index (Phi) is 3.12. The Hall–Kier alpha value is -0.120. The topological polar surface area (TPSA) is 38.5 Å². The van der Waals surface area contributed by atoms with Gasteiger partial charge in [0.1, 0.15) is 0 Å². The zero-order valence-corrected chi connectivity index (χ0v) is 6.55. The molecular formula is C7H16N2O. The standard InChI is InChI=1S/C7H16N2O/c1-2-10-6-7-4-3-5-9(7)8/h7H,2-6,8H2,1H3/t7-/m0/s1. The summed E-state index contributed by atoms with van der Waals surface area (Å²) in [5, 5.41) is 1.88. The molecule has 1 fully saturated rings. The van der Waals surface area contributed by atoms with E-state index in [9.17, 15) is 0 Å². The molecule has 3 heteroatoms. The molecule has 0 aromatic rings. The number of rotatable bonds is 3. The van der Waals surface area contributed by atoms with Crippen molar-refractivity contribution in [1.29, 1.82) is 0 Å². The van der Waals surface area contributed by atoms with Gasteiger partial charge in [-0.05, 0) is 19.8 Å². The van der Waals surface area contributed by atoms with Crippen LogP contribution in [0.25, 0.3) is 0 Å². The molecule has 60 valence electrons. The predicted molar refractivity (Wildman–Crippen MR) is 40.4 cm³/mol. The lowest BCUT2D eigenvalue weighted by Gasteiger charge is -2.17. The van der Waals surface area contributed by atoms with Gasteiger partial charge in [-0.25, -0.2) is 5.01 Å². The third-order valence-electron chi connectivity index (χ3n) is 1.94. The average Bonchev–Trinajstić information content (AvgIpc) is 2.31. The summed E-state index contributed by atoms with van der Waals surface area (Å²) in [6, 6.07) is 0.472. The van der Waals surface area contributed by atoms with Crippen LogP contribution < -0.4 is 5.84 Å². The van der Waals surface area contributed by atoms with Crippen molar-refractivity contribution in [1.82, 2.24) is 5.01 Å². The SMILES string of the molecule is CCOC[C@@H]1CCCN1N. The summed E-state index contributed by atoms with van der Waals surface area (Å²) >= 11 is 0. The first-order valence-corrected chi connectivity index (χ1v) is 3.93. The maximum Gasteiger partial charge on any atom is 0.0635 e. The number of hydrazine groups is 1. The van der Waals surface area contributed by atoms with Gasteiger partial charge in [0.05, 0.1) is 6.61 Å². The molecule has 1 saturated heterocycles. The molecule has 0 spiro atoms. The van der Waals surface area contributed by atoms with Crippen LogP contribution in [-0.4, -0.2) is 30.8 Å². The molecule has 0 amide bonds. The van der Waals surface area contributed by atoms with Crippen molar-refractivity contribution >= 4 is 0 Å². The van der Waals surface area contributed by atoms with E-state index in [0.29, 0.717) is 6.04 Å². The number of nitrogens with two attached hydrogens (primary N) is 1. The molecule has 0 aromatic carbocycles. The van der Waals surface area contributed by atoms with Crippen molar-refractivity contribution in [2.75, 3.05) is 19.8 Å². The number of hydrogen-bond acceptors (Lipinski definition) is 3. The molecule has 1 rings (SSSR count). The molecule has 0 radical (unpaired) electrons. The minimum atomic E-state index is 0.472. The van der Waals surface area contributed by atoms with E-state index in [2.05, 4.69) is 0 Å². The largest absolute Gasteiger partial charge is 0.380 e. The van der Waals surface area contributed by atoms with Crippen LogP contribution in [0.1, 0.15) is 19.8 Å². The van der Waals surface area contributed by atoms with Gasteiger partial charge in [-0.3, -0.25) is 5.84 Å². The highest BCUT2D eigenvalue weighted by molar-refractivity contribution is 4.73. The van der Waals surface area contributed by atoms with Crippen molar-refractivity contribution in [3.63, 3.8) is 0 Å². The van der Waals surface area contributed by atoms with Crippen molar-refractivity contribution < 1.29 is 4.74 Å². The van der Waals surface area contributed by atoms with Crippen LogP contribution in [0.3, 0.4) is 0 Å². The van der Waals surface area contributed by atoms with Crippen molar-refractivity contribution in [3.05, 3.63) is 0 Å². The van der Waals surface area contributed by atoms with Gasteiger partial charge in [0, 0.05) is 19.2 Å². The fourth-order valence-corrected chi connectivity index (χ4v) is 1.29. The van der Waals surface area contributed by atoms with E-state index >= 15 is 0 Å². The Morgan fingerprint density at radius 1 is 1.70 bits per heavy atom. The van der Waals surface area contributed by atoms with Gasteiger partial charge >= 0.3 is 0 Å². The lowest BCUT2D eigenvalue weighted by Crippen LogP contribution is -2.38. The van der Waals surface area contributed by atoms with Crippen LogP contribution in [0.15, 0.2) is 0 Å². The molecule has 2 N–H and O–H groups in total. The number of ether oxygens (including phenoxy) is 1. The molecule has 0 bridgehead atoms. The highest BCUT2D eigenvalue weighted by Crippen LogP contribution is 2.12. The fraction of sp³-hybridized carbons (Fsp3) is 1.00. The van der Waals surface area contributed by atoms with Gasteiger partial charge in [0.2, 0.25) is 0 Å². The molecule has 1 aliphatic rings. The van der Waals surface area contributed by atoms with Crippen LogP contribution in [-0.2, 0) is 4.74 Å². The second kappa shape index (κ2) is 3.91. The zero-order valence-electron chi connectivity index (χ0n) is 6.55. The number of hydrogen-bond donors (Lipinski definition) is 1. The first kappa shape index (κ1) is 7.98. The van der Waals surface area contributed by atoms with Gasteiger partial charge < -0.3 is 4.74 Å². The normalized spacial score (nSPS) is 27.6. The summed E-state index contributed by atoms with van der Waals surface area (Å²) in [5.74, 6) is 5.67. The van der Waals surface area contributed by atoms with Gasteiger partial charge in [0.25, 0.3) is 0 Å². The van der Waals surface area contributed by atoms with E-state index in [0.717, 1.165) is 19.8 Å². The van der Waals surface area contributed by atoms with Crippen molar-refractivity contribution in [2.24, 2.45) is 5.84 Å². The summed E-state index contributed by atoms with van der Waals surface area (Å²) < 4.78 is 5.27. The van der Waals surface area contributed by atoms with Crippen molar-refractivity contribution in [2.45, 2.75) is 25.8 Å². The van der Waals surface area contributed by atoms with E-state index in [-0.39, 0.29) is 0 Å². The first-order valence-electron chi connectivity index (χ1n) is 3.93. The second-order valence-electron chi connectivity index (χ2n) is 2.69. The Labute approximate surface area is 62.1 Å². The maximum atomic E-state index is 5.67. The average molecular weight is 144 g/mol. The lowest BCUT2D eigenvalue weighted by molar-refractivity contribution is 0.0855. The van der Waals surface area contributed by atoms with Crippen LogP contribution in [0.4, 0.5) is 0 Å². The quantitative estimate of drug-likeness (QED) is 0.581. The Morgan fingerprint density at radius 3 is 3.00 bits per heavy atom. The van der Waals surface area contributed by atoms with E-state index in [1.54, 1.807) is 0 Å². The Balaban J connectivity index is 2.14. The van der Waals surface area contributed by atoms with E-state index in [1.807, 2.05) is 11.9 Å². The Bertz CT molecular complexity index is 97.6. The van der Waals surface area contributed by atoms with Crippen LogP contribution in [0.2, 0.25) is 0 Å². The third-order valence-corrected chi connectivity index (χ3v) is 1.94. The molecule has 1 atom stereocenters.